The van der Waals surface area contributed by atoms with E-state index in [1.165, 1.54) is 31.0 Å². The average molecular weight is 253 g/mol. The van der Waals surface area contributed by atoms with Crippen molar-refractivity contribution in [2.24, 2.45) is 0 Å². The molecule has 8 heteroatoms. The first kappa shape index (κ1) is 11.5. The predicted molar refractivity (Wildman–Crippen MR) is 61.9 cm³/mol. The fourth-order valence-corrected chi connectivity index (χ4v) is 2.03. The molecule has 0 aromatic carbocycles. The van der Waals surface area contributed by atoms with Crippen LogP contribution in [0.4, 0.5) is 5.13 Å². The SMILES string of the molecule is COC(=O)c1cnc(N(C)Cc2ncn[nH]2)s1. The highest BCUT2D eigenvalue weighted by Gasteiger charge is 2.13. The van der Waals surface area contributed by atoms with Crippen LogP contribution < -0.4 is 4.90 Å². The molecule has 2 rings (SSSR count). The molecule has 0 amide bonds. The maximum Gasteiger partial charge on any atom is 0.349 e. The highest BCUT2D eigenvalue weighted by atomic mass is 32.1. The maximum atomic E-state index is 11.3. The summed E-state index contributed by atoms with van der Waals surface area (Å²) in [6.45, 7) is 0.550. The molecule has 0 aliphatic rings. The Morgan fingerprint density at radius 3 is 3.06 bits per heavy atom. The Hall–Kier alpha value is -1.96. The Bertz CT molecular complexity index is 495. The third-order valence-corrected chi connectivity index (χ3v) is 3.15. The van der Waals surface area contributed by atoms with E-state index in [2.05, 4.69) is 24.9 Å². The first-order chi connectivity index (χ1) is 8.20. The highest BCUT2D eigenvalue weighted by molar-refractivity contribution is 7.17. The highest BCUT2D eigenvalue weighted by Crippen LogP contribution is 2.22. The van der Waals surface area contributed by atoms with Crippen LogP contribution in [0.5, 0.6) is 0 Å². The topological polar surface area (TPSA) is 84.0 Å². The van der Waals surface area contributed by atoms with Gasteiger partial charge in [-0.05, 0) is 0 Å². The van der Waals surface area contributed by atoms with Crippen LogP contribution in [0.2, 0.25) is 0 Å². The zero-order valence-electron chi connectivity index (χ0n) is 9.38. The lowest BCUT2D eigenvalue weighted by Gasteiger charge is -2.12. The van der Waals surface area contributed by atoms with Gasteiger partial charge in [0.05, 0.1) is 19.9 Å². The van der Waals surface area contributed by atoms with Gasteiger partial charge in [0.2, 0.25) is 0 Å². The summed E-state index contributed by atoms with van der Waals surface area (Å²) in [7, 11) is 3.21. The van der Waals surface area contributed by atoms with Gasteiger partial charge in [-0.15, -0.1) is 0 Å². The molecule has 0 atom stereocenters. The van der Waals surface area contributed by atoms with E-state index in [0.29, 0.717) is 11.4 Å². The third-order valence-electron chi connectivity index (χ3n) is 2.06. The van der Waals surface area contributed by atoms with Gasteiger partial charge >= 0.3 is 5.97 Å². The number of esters is 1. The summed E-state index contributed by atoms with van der Waals surface area (Å²) in [5.41, 5.74) is 0. The monoisotopic (exact) mass is 253 g/mol. The first-order valence-corrected chi connectivity index (χ1v) is 5.62. The number of carbonyl (C=O) groups excluding carboxylic acids is 1. The molecule has 0 saturated heterocycles. The number of methoxy groups -OCH3 is 1. The fraction of sp³-hybridized carbons (Fsp3) is 0.333. The summed E-state index contributed by atoms with van der Waals surface area (Å²) >= 11 is 1.27. The summed E-state index contributed by atoms with van der Waals surface area (Å²) in [4.78, 5) is 21.8. The standard InChI is InChI=1S/C9H11N5O2S/c1-14(4-7-11-5-12-13-7)9-10-3-6(17-9)8(15)16-2/h3,5H,4H2,1-2H3,(H,11,12,13). The van der Waals surface area contributed by atoms with Crippen molar-refractivity contribution in [2.75, 3.05) is 19.1 Å². The van der Waals surface area contributed by atoms with Crippen molar-refractivity contribution in [3.8, 4) is 0 Å². The van der Waals surface area contributed by atoms with E-state index in [-0.39, 0.29) is 5.97 Å². The van der Waals surface area contributed by atoms with Crippen molar-refractivity contribution in [3.05, 3.63) is 23.2 Å². The molecule has 2 aromatic heterocycles. The Morgan fingerprint density at radius 1 is 1.59 bits per heavy atom. The van der Waals surface area contributed by atoms with Gasteiger partial charge in [-0.2, -0.15) is 5.10 Å². The van der Waals surface area contributed by atoms with Crippen LogP contribution in [-0.4, -0.2) is 40.3 Å². The normalized spacial score (nSPS) is 10.2. The lowest BCUT2D eigenvalue weighted by atomic mass is 10.5. The van der Waals surface area contributed by atoms with Crippen molar-refractivity contribution < 1.29 is 9.53 Å². The molecule has 7 nitrogen and oxygen atoms in total. The average Bonchev–Trinajstić information content (AvgIpc) is 2.98. The van der Waals surface area contributed by atoms with Crippen LogP contribution in [0.15, 0.2) is 12.5 Å². The lowest BCUT2D eigenvalue weighted by molar-refractivity contribution is 0.0606. The number of aromatic nitrogens is 4. The molecule has 1 N–H and O–H groups in total. The Balaban J connectivity index is 2.07. The number of hydrogen-bond donors (Lipinski definition) is 1. The van der Waals surface area contributed by atoms with E-state index in [1.54, 1.807) is 0 Å². The van der Waals surface area contributed by atoms with Crippen molar-refractivity contribution in [1.29, 1.82) is 0 Å². The van der Waals surface area contributed by atoms with Crippen LogP contribution in [0.1, 0.15) is 15.5 Å². The number of nitrogens with zero attached hydrogens (tertiary/aromatic N) is 4. The lowest BCUT2D eigenvalue weighted by Crippen LogP contribution is -2.16. The van der Waals surface area contributed by atoms with Crippen LogP contribution in [-0.2, 0) is 11.3 Å². The molecule has 0 saturated carbocycles. The number of H-pyrrole nitrogens is 1. The van der Waals surface area contributed by atoms with Gasteiger partial charge in [0.1, 0.15) is 17.0 Å². The summed E-state index contributed by atoms with van der Waals surface area (Å²) in [6, 6.07) is 0. The van der Waals surface area contributed by atoms with Gasteiger partial charge in [-0.3, -0.25) is 5.10 Å². The minimum absolute atomic E-state index is 0.373. The molecule has 17 heavy (non-hydrogen) atoms. The molecular weight excluding hydrogens is 242 g/mol. The van der Waals surface area contributed by atoms with Crippen LogP contribution in [0, 0.1) is 0 Å². The van der Waals surface area contributed by atoms with Gasteiger partial charge < -0.3 is 9.64 Å². The second kappa shape index (κ2) is 4.91. The molecule has 2 aromatic rings. The van der Waals surface area contributed by atoms with Crippen LogP contribution >= 0.6 is 11.3 Å². The maximum absolute atomic E-state index is 11.3. The summed E-state index contributed by atoms with van der Waals surface area (Å²) in [6.07, 6.45) is 2.95. The molecule has 0 spiro atoms. The van der Waals surface area contributed by atoms with E-state index in [0.717, 1.165) is 11.0 Å². The number of ether oxygens (including phenoxy) is 1. The van der Waals surface area contributed by atoms with Crippen molar-refractivity contribution in [1.82, 2.24) is 20.2 Å². The summed E-state index contributed by atoms with van der Waals surface area (Å²) < 4.78 is 4.62. The van der Waals surface area contributed by atoms with Gasteiger partial charge in [-0.1, -0.05) is 11.3 Å². The smallest absolute Gasteiger partial charge is 0.349 e. The molecule has 90 valence electrons. The number of rotatable bonds is 4. The quantitative estimate of drug-likeness (QED) is 0.807. The van der Waals surface area contributed by atoms with E-state index in [9.17, 15) is 4.79 Å². The minimum atomic E-state index is -0.373. The largest absolute Gasteiger partial charge is 0.465 e. The van der Waals surface area contributed by atoms with E-state index >= 15 is 0 Å². The molecule has 0 radical (unpaired) electrons. The van der Waals surface area contributed by atoms with E-state index in [4.69, 9.17) is 0 Å². The third kappa shape index (κ3) is 2.59. The zero-order chi connectivity index (χ0) is 12.3. The minimum Gasteiger partial charge on any atom is -0.465 e. The number of aromatic amines is 1. The van der Waals surface area contributed by atoms with Crippen LogP contribution in [0.25, 0.3) is 0 Å². The van der Waals surface area contributed by atoms with Crippen molar-refractivity contribution in [3.63, 3.8) is 0 Å². The Kier molecular flexibility index (Phi) is 3.33. The van der Waals surface area contributed by atoms with Crippen LogP contribution in [0.3, 0.4) is 0 Å². The van der Waals surface area contributed by atoms with Gasteiger partial charge in [-0.25, -0.2) is 14.8 Å². The van der Waals surface area contributed by atoms with Gasteiger partial charge in [0.25, 0.3) is 0 Å². The number of thiazole rings is 1. The first-order valence-electron chi connectivity index (χ1n) is 4.80. The van der Waals surface area contributed by atoms with Gasteiger partial charge in [0, 0.05) is 7.05 Å². The Morgan fingerprint density at radius 2 is 2.41 bits per heavy atom. The molecular formula is C9H11N5O2S. The number of carbonyl (C=O) groups is 1. The van der Waals surface area contributed by atoms with Crippen molar-refractivity contribution >= 4 is 22.4 Å². The second-order valence-electron chi connectivity index (χ2n) is 3.29. The van der Waals surface area contributed by atoms with E-state index < -0.39 is 0 Å². The van der Waals surface area contributed by atoms with Gasteiger partial charge in [0.15, 0.2) is 5.13 Å². The summed E-state index contributed by atoms with van der Waals surface area (Å²) in [5, 5.41) is 7.25. The second-order valence-corrected chi connectivity index (χ2v) is 4.30. The molecule has 0 aliphatic carbocycles. The fourth-order valence-electron chi connectivity index (χ4n) is 1.24. The molecule has 0 bridgehead atoms. The molecule has 0 unspecified atom stereocenters. The predicted octanol–water partition coefficient (Wildman–Crippen LogP) is 0.684. The zero-order valence-corrected chi connectivity index (χ0v) is 10.2. The van der Waals surface area contributed by atoms with Crippen molar-refractivity contribution in [2.45, 2.75) is 6.54 Å². The Labute approximate surface area is 101 Å². The molecule has 0 fully saturated rings. The van der Waals surface area contributed by atoms with E-state index in [1.807, 2.05) is 11.9 Å². The number of anilines is 1. The summed E-state index contributed by atoms with van der Waals surface area (Å²) in [5.74, 6) is 0.365. The number of nitrogens with one attached hydrogen (secondary N) is 1. The molecule has 0 aliphatic heterocycles. The molecule has 2 heterocycles. The number of hydrogen-bond acceptors (Lipinski definition) is 7.